The van der Waals surface area contributed by atoms with Crippen LogP contribution in [-0.2, 0) is 0 Å². The molecule has 1 fully saturated rings. The van der Waals surface area contributed by atoms with E-state index in [1.165, 1.54) is 0 Å². The van der Waals surface area contributed by atoms with Crippen molar-refractivity contribution >= 4 is 23.1 Å². The van der Waals surface area contributed by atoms with Crippen LogP contribution >= 0.6 is 11.6 Å². The first-order chi connectivity index (χ1) is 12.0. The van der Waals surface area contributed by atoms with Gasteiger partial charge >= 0.3 is 0 Å². The predicted octanol–water partition coefficient (Wildman–Crippen LogP) is 2.59. The molecule has 2 heterocycles. The third kappa shape index (κ3) is 2.97. The third-order valence-corrected chi connectivity index (χ3v) is 4.96. The van der Waals surface area contributed by atoms with E-state index in [2.05, 4.69) is 15.4 Å². The summed E-state index contributed by atoms with van der Waals surface area (Å²) in [5, 5.41) is 28.4. The Bertz CT molecular complexity index is 899. The van der Waals surface area contributed by atoms with Crippen molar-refractivity contribution in [2.24, 2.45) is 5.92 Å². The Morgan fingerprint density at radius 1 is 1.16 bits per heavy atom. The quantitative estimate of drug-likeness (QED) is 0.627. The van der Waals surface area contributed by atoms with Gasteiger partial charge in [-0.05, 0) is 12.3 Å². The lowest BCUT2D eigenvalue weighted by Gasteiger charge is -2.19. The molecule has 130 valence electrons. The van der Waals surface area contributed by atoms with E-state index >= 15 is 0 Å². The minimum atomic E-state index is -0.832. The minimum Gasteiger partial charge on any atom is -0.390 e. The molecule has 1 saturated carbocycles. The number of halogens is 1. The monoisotopic (exact) mass is 358 g/mol. The molecule has 7 heteroatoms. The Kier molecular flexibility index (Phi) is 4.11. The van der Waals surface area contributed by atoms with Gasteiger partial charge in [0.2, 0.25) is 0 Å². The van der Waals surface area contributed by atoms with Crippen molar-refractivity contribution in [1.29, 1.82) is 0 Å². The number of nitrogens with zero attached hydrogens (tertiary/aromatic N) is 3. The van der Waals surface area contributed by atoms with E-state index in [1.807, 2.05) is 43.3 Å². The third-order valence-electron chi connectivity index (χ3n) is 4.77. The molecule has 3 N–H and O–H groups in total. The van der Waals surface area contributed by atoms with Gasteiger partial charge in [-0.15, -0.1) is 0 Å². The van der Waals surface area contributed by atoms with Crippen LogP contribution in [0.5, 0.6) is 0 Å². The topological polar surface area (TPSA) is 82.7 Å². The van der Waals surface area contributed by atoms with Crippen LogP contribution in [0.3, 0.4) is 0 Å². The highest BCUT2D eigenvalue weighted by atomic mass is 35.5. The number of hydrogen-bond donors (Lipinski definition) is 3. The highest BCUT2D eigenvalue weighted by Crippen LogP contribution is 2.30. The van der Waals surface area contributed by atoms with Crippen molar-refractivity contribution in [1.82, 2.24) is 14.6 Å². The van der Waals surface area contributed by atoms with Gasteiger partial charge < -0.3 is 15.5 Å². The fourth-order valence-electron chi connectivity index (χ4n) is 3.38. The minimum absolute atomic E-state index is 0.0257. The zero-order chi connectivity index (χ0) is 17.6. The largest absolute Gasteiger partial charge is 0.390 e. The first-order valence-electron chi connectivity index (χ1n) is 8.27. The lowest BCUT2D eigenvalue weighted by atomic mass is 10.1. The number of aliphatic hydroxyl groups excluding tert-OH is 2. The Morgan fingerprint density at radius 3 is 2.60 bits per heavy atom. The number of aliphatic hydroxyl groups is 2. The van der Waals surface area contributed by atoms with Crippen molar-refractivity contribution in [3.05, 3.63) is 47.6 Å². The smallest absolute Gasteiger partial charge is 0.159 e. The van der Waals surface area contributed by atoms with E-state index in [1.54, 1.807) is 10.6 Å². The van der Waals surface area contributed by atoms with E-state index in [0.29, 0.717) is 23.0 Å². The molecule has 1 unspecified atom stereocenters. The van der Waals surface area contributed by atoms with E-state index in [-0.39, 0.29) is 12.0 Å². The molecule has 2 aromatic heterocycles. The van der Waals surface area contributed by atoms with Crippen molar-refractivity contribution < 1.29 is 10.2 Å². The molecule has 1 aliphatic carbocycles. The van der Waals surface area contributed by atoms with Crippen LogP contribution in [0, 0.1) is 5.92 Å². The first-order valence-corrected chi connectivity index (χ1v) is 8.65. The van der Waals surface area contributed by atoms with Gasteiger partial charge in [-0.25, -0.2) is 4.98 Å². The molecule has 0 aliphatic heterocycles. The number of anilines is 1. The summed E-state index contributed by atoms with van der Waals surface area (Å²) in [5.41, 5.74) is 2.40. The molecular formula is C18H19ClN4O2. The summed E-state index contributed by atoms with van der Waals surface area (Å²) in [6.07, 6.45) is -0.903. The van der Waals surface area contributed by atoms with Gasteiger partial charge in [0.15, 0.2) is 5.65 Å². The summed E-state index contributed by atoms with van der Waals surface area (Å²) in [6, 6.07) is 13.1. The SMILES string of the molecule is CC1C[C@@H](Nc2cc(Cl)nc3cc(-c4ccccc4)nn23)[C@H](O)[C@@H]1O. The fraction of sp³-hybridized carbons (Fsp3) is 0.333. The van der Waals surface area contributed by atoms with Gasteiger partial charge in [-0.3, -0.25) is 0 Å². The molecule has 3 aromatic rings. The van der Waals surface area contributed by atoms with Crippen LogP contribution in [0.25, 0.3) is 16.9 Å². The van der Waals surface area contributed by atoms with Gasteiger partial charge in [0.25, 0.3) is 0 Å². The van der Waals surface area contributed by atoms with E-state index in [0.717, 1.165) is 11.3 Å². The summed E-state index contributed by atoms with van der Waals surface area (Å²) < 4.78 is 1.68. The molecule has 0 spiro atoms. The van der Waals surface area contributed by atoms with Crippen molar-refractivity contribution in [2.45, 2.75) is 31.6 Å². The van der Waals surface area contributed by atoms with Crippen LogP contribution < -0.4 is 5.32 Å². The van der Waals surface area contributed by atoms with Crippen LogP contribution in [0.4, 0.5) is 5.82 Å². The Balaban J connectivity index is 1.73. The molecule has 0 amide bonds. The second-order valence-corrected chi connectivity index (χ2v) is 6.96. The molecule has 0 saturated heterocycles. The van der Waals surface area contributed by atoms with Gasteiger partial charge in [-0.2, -0.15) is 9.61 Å². The maximum atomic E-state index is 10.2. The molecule has 1 aromatic carbocycles. The molecular weight excluding hydrogens is 340 g/mol. The van der Waals surface area contributed by atoms with Gasteiger partial charge in [-0.1, -0.05) is 48.9 Å². The fourth-order valence-corrected chi connectivity index (χ4v) is 3.57. The maximum absolute atomic E-state index is 10.2. The van der Waals surface area contributed by atoms with E-state index in [9.17, 15) is 10.2 Å². The Hall–Kier alpha value is -2.15. The highest BCUT2D eigenvalue weighted by molar-refractivity contribution is 6.29. The maximum Gasteiger partial charge on any atom is 0.159 e. The average Bonchev–Trinajstić information content (AvgIpc) is 3.13. The number of fused-ring (bicyclic) bond motifs is 1. The molecule has 6 nitrogen and oxygen atoms in total. The Labute approximate surface area is 150 Å². The van der Waals surface area contributed by atoms with Crippen molar-refractivity contribution in [3.63, 3.8) is 0 Å². The second kappa shape index (κ2) is 6.29. The highest BCUT2D eigenvalue weighted by Gasteiger charge is 2.39. The molecule has 4 rings (SSSR count). The number of nitrogens with one attached hydrogen (secondary N) is 1. The summed E-state index contributed by atoms with van der Waals surface area (Å²) in [5.74, 6) is 0.667. The van der Waals surface area contributed by atoms with Gasteiger partial charge in [0.05, 0.1) is 17.8 Å². The van der Waals surface area contributed by atoms with Crippen LogP contribution in [0.2, 0.25) is 5.15 Å². The molecule has 4 atom stereocenters. The number of hydrogen-bond acceptors (Lipinski definition) is 5. The number of aromatic nitrogens is 3. The molecule has 1 aliphatic rings. The summed E-state index contributed by atoms with van der Waals surface area (Å²) in [6.45, 7) is 1.92. The van der Waals surface area contributed by atoms with Crippen molar-refractivity contribution in [2.75, 3.05) is 5.32 Å². The van der Waals surface area contributed by atoms with Gasteiger partial charge in [0, 0.05) is 17.7 Å². The van der Waals surface area contributed by atoms with Gasteiger partial charge in [0.1, 0.15) is 17.1 Å². The van der Waals surface area contributed by atoms with Crippen LogP contribution in [-0.4, -0.2) is 43.1 Å². The summed E-state index contributed by atoms with van der Waals surface area (Å²) in [7, 11) is 0. The zero-order valence-corrected chi connectivity index (χ0v) is 14.4. The Morgan fingerprint density at radius 2 is 1.92 bits per heavy atom. The standard InChI is InChI=1S/C18H19ClN4O2/c1-10-7-13(18(25)17(10)24)20-16-9-14(19)21-15-8-12(22-23(15)16)11-5-3-2-4-6-11/h2-6,8-10,13,17-18,20,24-25H,7H2,1H3/t10?,13-,17-,18+/m1/s1. The lowest BCUT2D eigenvalue weighted by molar-refractivity contribution is 0.0210. The van der Waals surface area contributed by atoms with Crippen molar-refractivity contribution in [3.8, 4) is 11.3 Å². The molecule has 0 bridgehead atoms. The zero-order valence-electron chi connectivity index (χ0n) is 13.7. The summed E-state index contributed by atoms with van der Waals surface area (Å²) in [4.78, 5) is 4.32. The predicted molar refractivity (Wildman–Crippen MR) is 96.6 cm³/mol. The molecule has 25 heavy (non-hydrogen) atoms. The van der Waals surface area contributed by atoms with E-state index in [4.69, 9.17) is 11.6 Å². The first kappa shape index (κ1) is 16.3. The second-order valence-electron chi connectivity index (χ2n) is 6.57. The normalized spacial score (nSPS) is 26.2. The number of rotatable bonds is 3. The lowest BCUT2D eigenvalue weighted by Crippen LogP contribution is -2.35. The van der Waals surface area contributed by atoms with Crippen LogP contribution in [0.1, 0.15) is 13.3 Å². The number of benzene rings is 1. The van der Waals surface area contributed by atoms with E-state index < -0.39 is 12.2 Å². The summed E-state index contributed by atoms with van der Waals surface area (Å²) >= 11 is 6.15. The van der Waals surface area contributed by atoms with Crippen LogP contribution in [0.15, 0.2) is 42.5 Å². The average molecular weight is 359 g/mol. The molecule has 0 radical (unpaired) electrons.